The van der Waals surface area contributed by atoms with Crippen LogP contribution in [-0.2, 0) is 0 Å². The quantitative estimate of drug-likeness (QED) is 0.786. The topological polar surface area (TPSA) is 50.9 Å². The van der Waals surface area contributed by atoms with Gasteiger partial charge in [-0.25, -0.2) is 0 Å². The van der Waals surface area contributed by atoms with Gasteiger partial charge in [0.05, 0.1) is 4.90 Å². The Kier molecular flexibility index (Phi) is 4.91. The Morgan fingerprint density at radius 1 is 1.57 bits per heavy atom. The average Bonchev–Trinajstić information content (AvgIpc) is 2.55. The Morgan fingerprint density at radius 2 is 2.29 bits per heavy atom. The van der Waals surface area contributed by atoms with Gasteiger partial charge in [-0.2, -0.15) is 16.1 Å². The summed E-state index contributed by atoms with van der Waals surface area (Å²) in [4.78, 5) is 1.07. The fourth-order valence-corrected chi connectivity index (χ4v) is 2.72. The first-order valence-corrected chi connectivity index (χ1v) is 7.53. The summed E-state index contributed by atoms with van der Waals surface area (Å²) in [7, 11) is 0. The molecule has 0 saturated heterocycles. The molecule has 0 saturated carbocycles. The lowest BCUT2D eigenvalue weighted by atomic mass is 10.4. The molecule has 0 aliphatic carbocycles. The molecule has 14 heavy (non-hydrogen) atoms. The van der Waals surface area contributed by atoms with Crippen molar-refractivity contribution in [2.75, 3.05) is 30.1 Å². The molecule has 0 fully saturated rings. The van der Waals surface area contributed by atoms with E-state index in [1.165, 1.54) is 11.5 Å². The minimum absolute atomic E-state index is 0.605. The monoisotopic (exact) mass is 249 g/mol. The van der Waals surface area contributed by atoms with Crippen molar-refractivity contribution in [3.8, 4) is 0 Å². The van der Waals surface area contributed by atoms with Crippen molar-refractivity contribution in [2.24, 2.45) is 0 Å². The highest BCUT2D eigenvalue weighted by molar-refractivity contribution is 7.99. The van der Waals surface area contributed by atoms with E-state index in [1.807, 2.05) is 18.0 Å². The lowest BCUT2D eigenvalue weighted by Crippen LogP contribution is -2.12. The first kappa shape index (κ1) is 12.0. The molecule has 0 spiro atoms. The molecule has 1 aromatic heterocycles. The van der Waals surface area contributed by atoms with Crippen molar-refractivity contribution < 1.29 is 0 Å². The zero-order chi connectivity index (χ0) is 10.6. The second-order valence-electron chi connectivity index (χ2n) is 2.86. The number of anilines is 2. The van der Waals surface area contributed by atoms with Crippen LogP contribution in [0.5, 0.6) is 0 Å². The summed E-state index contributed by atoms with van der Waals surface area (Å²) in [5.74, 6) is 0.641. The van der Waals surface area contributed by atoms with Crippen molar-refractivity contribution in [2.45, 2.75) is 17.1 Å². The van der Waals surface area contributed by atoms with Crippen LogP contribution in [0, 0.1) is 0 Å². The molecule has 80 valence electrons. The standard InChI is InChI=1S/C8H15N3S3/c1-5(12-2)4-10-8-6(13-3)7(9)11-14-8/h5,10H,4H2,1-3H3,(H2,9,11). The number of hydrogen-bond donors (Lipinski definition) is 2. The Hall–Kier alpha value is -0.0700. The molecule has 1 rings (SSSR count). The molecule has 0 radical (unpaired) electrons. The van der Waals surface area contributed by atoms with Gasteiger partial charge >= 0.3 is 0 Å². The molecule has 3 nitrogen and oxygen atoms in total. The van der Waals surface area contributed by atoms with E-state index in [2.05, 4.69) is 22.9 Å². The summed E-state index contributed by atoms with van der Waals surface area (Å²) in [6.07, 6.45) is 4.13. The summed E-state index contributed by atoms with van der Waals surface area (Å²) in [6.45, 7) is 3.15. The molecule has 1 atom stereocenters. The van der Waals surface area contributed by atoms with Gasteiger partial charge in [-0.05, 0) is 24.0 Å². The maximum atomic E-state index is 5.72. The third-order valence-electron chi connectivity index (χ3n) is 1.83. The van der Waals surface area contributed by atoms with Crippen LogP contribution in [-0.4, -0.2) is 28.7 Å². The maximum Gasteiger partial charge on any atom is 0.153 e. The SMILES string of the molecule is CSc1c(N)nsc1NCC(C)SC. The molecule has 1 unspecified atom stereocenters. The normalized spacial score (nSPS) is 12.8. The van der Waals surface area contributed by atoms with Gasteiger partial charge in [-0.15, -0.1) is 11.8 Å². The van der Waals surface area contributed by atoms with Gasteiger partial charge in [0.25, 0.3) is 0 Å². The summed E-state index contributed by atoms with van der Waals surface area (Å²) >= 11 is 4.93. The number of nitrogens with zero attached hydrogens (tertiary/aromatic N) is 1. The molecular formula is C8H15N3S3. The maximum absolute atomic E-state index is 5.72. The second kappa shape index (κ2) is 5.72. The van der Waals surface area contributed by atoms with Gasteiger partial charge in [0.1, 0.15) is 5.00 Å². The van der Waals surface area contributed by atoms with Gasteiger partial charge < -0.3 is 11.1 Å². The molecule has 0 aromatic carbocycles. The van der Waals surface area contributed by atoms with E-state index in [9.17, 15) is 0 Å². The first-order chi connectivity index (χ1) is 6.69. The second-order valence-corrected chi connectivity index (χ2v) is 5.72. The molecule has 0 bridgehead atoms. The molecule has 1 heterocycles. The number of hydrogen-bond acceptors (Lipinski definition) is 6. The predicted octanol–water partition coefficient (Wildman–Crippen LogP) is 2.61. The number of aromatic nitrogens is 1. The largest absolute Gasteiger partial charge is 0.382 e. The van der Waals surface area contributed by atoms with Gasteiger partial charge in [-0.3, -0.25) is 0 Å². The van der Waals surface area contributed by atoms with E-state index in [1.54, 1.807) is 11.8 Å². The van der Waals surface area contributed by atoms with Crippen LogP contribution in [0.2, 0.25) is 0 Å². The Bertz CT molecular complexity index is 287. The van der Waals surface area contributed by atoms with Crippen LogP contribution in [0.15, 0.2) is 4.90 Å². The molecule has 1 aromatic rings. The number of nitrogens with two attached hydrogens (primary N) is 1. The lowest BCUT2D eigenvalue weighted by molar-refractivity contribution is 1.00. The number of nitrogens with one attached hydrogen (secondary N) is 1. The molecule has 0 aliphatic heterocycles. The Labute approximate surface area is 97.4 Å². The summed E-state index contributed by atoms with van der Waals surface area (Å²) in [5.41, 5.74) is 5.72. The van der Waals surface area contributed by atoms with E-state index in [0.717, 1.165) is 16.4 Å². The summed E-state index contributed by atoms with van der Waals surface area (Å²) < 4.78 is 4.12. The van der Waals surface area contributed by atoms with Gasteiger partial charge in [0.15, 0.2) is 5.82 Å². The average molecular weight is 249 g/mol. The molecule has 0 aliphatic rings. The van der Waals surface area contributed by atoms with Crippen molar-refractivity contribution >= 4 is 45.9 Å². The summed E-state index contributed by atoms with van der Waals surface area (Å²) in [5, 5.41) is 5.07. The van der Waals surface area contributed by atoms with Crippen LogP contribution >= 0.6 is 35.1 Å². The highest BCUT2D eigenvalue weighted by Gasteiger charge is 2.10. The summed E-state index contributed by atoms with van der Waals surface area (Å²) in [6, 6.07) is 0. The number of thioether (sulfide) groups is 2. The van der Waals surface area contributed by atoms with Crippen molar-refractivity contribution in [3.05, 3.63) is 0 Å². The van der Waals surface area contributed by atoms with Crippen LogP contribution in [0.3, 0.4) is 0 Å². The van der Waals surface area contributed by atoms with Crippen molar-refractivity contribution in [1.29, 1.82) is 0 Å². The van der Waals surface area contributed by atoms with E-state index >= 15 is 0 Å². The fourth-order valence-electron chi connectivity index (χ4n) is 0.924. The fraction of sp³-hybridized carbons (Fsp3) is 0.625. The van der Waals surface area contributed by atoms with Crippen molar-refractivity contribution in [1.82, 2.24) is 4.37 Å². The molecule has 0 amide bonds. The minimum Gasteiger partial charge on any atom is -0.382 e. The van der Waals surface area contributed by atoms with Crippen molar-refractivity contribution in [3.63, 3.8) is 0 Å². The first-order valence-electron chi connectivity index (χ1n) is 4.24. The molecule has 6 heteroatoms. The smallest absolute Gasteiger partial charge is 0.153 e. The van der Waals surface area contributed by atoms with E-state index in [-0.39, 0.29) is 0 Å². The van der Waals surface area contributed by atoms with Gasteiger partial charge in [-0.1, -0.05) is 6.92 Å². The minimum atomic E-state index is 0.605. The highest BCUT2D eigenvalue weighted by atomic mass is 32.2. The third-order valence-corrected chi connectivity index (χ3v) is 4.57. The van der Waals surface area contributed by atoms with E-state index < -0.39 is 0 Å². The van der Waals surface area contributed by atoms with E-state index in [0.29, 0.717) is 11.1 Å². The van der Waals surface area contributed by atoms with Crippen LogP contribution in [0.4, 0.5) is 10.8 Å². The number of nitrogen functional groups attached to an aromatic ring is 1. The lowest BCUT2D eigenvalue weighted by Gasteiger charge is -2.09. The number of rotatable bonds is 5. The van der Waals surface area contributed by atoms with Gasteiger partial charge in [0, 0.05) is 11.8 Å². The highest BCUT2D eigenvalue weighted by Crippen LogP contribution is 2.34. The molecular weight excluding hydrogens is 234 g/mol. The van der Waals surface area contributed by atoms with Crippen LogP contribution in [0.25, 0.3) is 0 Å². The zero-order valence-corrected chi connectivity index (χ0v) is 11.0. The Morgan fingerprint density at radius 3 is 2.86 bits per heavy atom. The third kappa shape index (κ3) is 2.96. The molecule has 3 N–H and O–H groups in total. The predicted molar refractivity (Wildman–Crippen MR) is 69.8 cm³/mol. The van der Waals surface area contributed by atoms with Gasteiger partial charge in [0.2, 0.25) is 0 Å². The van der Waals surface area contributed by atoms with Crippen LogP contribution < -0.4 is 11.1 Å². The Balaban J connectivity index is 2.58. The van der Waals surface area contributed by atoms with E-state index in [4.69, 9.17) is 5.73 Å². The van der Waals surface area contributed by atoms with Crippen LogP contribution in [0.1, 0.15) is 6.92 Å². The zero-order valence-electron chi connectivity index (χ0n) is 8.53.